The number of amides is 1. The van der Waals surface area contributed by atoms with Gasteiger partial charge in [-0.1, -0.05) is 0 Å². The summed E-state index contributed by atoms with van der Waals surface area (Å²) in [6.07, 6.45) is 1.83. The Labute approximate surface area is 159 Å². The molecular weight excluding hydrogens is 340 g/mol. The largest absolute Gasteiger partial charge is 0.497 e. The van der Waals surface area contributed by atoms with E-state index in [1.165, 1.54) is 4.90 Å². The summed E-state index contributed by atoms with van der Waals surface area (Å²) in [5.74, 6) is 0.390. The molecule has 6 nitrogen and oxygen atoms in total. The predicted octanol–water partition coefficient (Wildman–Crippen LogP) is 3.38. The normalized spacial score (nSPS) is 10.8. The van der Waals surface area contributed by atoms with E-state index in [-0.39, 0.29) is 17.9 Å². The van der Waals surface area contributed by atoms with E-state index in [1.807, 2.05) is 56.3 Å². The summed E-state index contributed by atoms with van der Waals surface area (Å²) in [6.45, 7) is 4.21. The predicted molar refractivity (Wildman–Crippen MR) is 103 cm³/mol. The molecule has 6 heteroatoms. The van der Waals surface area contributed by atoms with Gasteiger partial charge in [-0.2, -0.15) is 10.5 Å². The lowest BCUT2D eigenvalue weighted by Crippen LogP contribution is -2.28. The smallest absolute Gasteiger partial charge is 0.264 e. The van der Waals surface area contributed by atoms with Gasteiger partial charge in [-0.25, -0.2) is 0 Å². The molecule has 2 aromatic rings. The summed E-state index contributed by atoms with van der Waals surface area (Å²) < 4.78 is 7.26. The Morgan fingerprint density at radius 2 is 1.93 bits per heavy atom. The molecular formula is C21H22N4O2. The Balaban J connectivity index is 2.38. The first kappa shape index (κ1) is 19.8. The van der Waals surface area contributed by atoms with Crippen LogP contribution >= 0.6 is 0 Å². The van der Waals surface area contributed by atoms with E-state index in [1.54, 1.807) is 20.2 Å². The average molecular weight is 362 g/mol. The molecule has 0 atom stereocenters. The number of carbonyl (C=O) groups is 1. The zero-order valence-electron chi connectivity index (χ0n) is 16.0. The third-order valence-corrected chi connectivity index (χ3v) is 4.36. The van der Waals surface area contributed by atoms with Crippen molar-refractivity contribution in [3.05, 3.63) is 52.9 Å². The molecule has 1 amide bonds. The molecule has 0 aliphatic rings. The third-order valence-electron chi connectivity index (χ3n) is 4.36. The van der Waals surface area contributed by atoms with Gasteiger partial charge in [0.1, 0.15) is 17.4 Å². The fourth-order valence-corrected chi connectivity index (χ4v) is 2.88. The summed E-state index contributed by atoms with van der Waals surface area (Å²) >= 11 is 0. The number of aromatic nitrogens is 1. The van der Waals surface area contributed by atoms with E-state index in [9.17, 15) is 10.1 Å². The van der Waals surface area contributed by atoms with Crippen LogP contribution in [0.5, 0.6) is 5.75 Å². The molecule has 0 bridgehead atoms. The minimum atomic E-state index is -0.387. The highest BCUT2D eigenvalue weighted by Gasteiger charge is 2.16. The van der Waals surface area contributed by atoms with Crippen LogP contribution in [0, 0.1) is 36.5 Å². The third kappa shape index (κ3) is 4.37. The molecule has 2 rings (SSSR count). The molecule has 0 spiro atoms. The molecule has 27 heavy (non-hydrogen) atoms. The van der Waals surface area contributed by atoms with Crippen molar-refractivity contribution in [3.8, 4) is 23.6 Å². The lowest BCUT2D eigenvalue weighted by molar-refractivity contribution is -0.125. The molecule has 138 valence electrons. The zero-order valence-corrected chi connectivity index (χ0v) is 16.0. The van der Waals surface area contributed by atoms with Crippen LogP contribution in [0.4, 0.5) is 0 Å². The molecule has 0 saturated carbocycles. The van der Waals surface area contributed by atoms with E-state index >= 15 is 0 Å². The highest BCUT2D eigenvalue weighted by molar-refractivity contribution is 6.01. The van der Waals surface area contributed by atoms with Gasteiger partial charge in [-0.3, -0.25) is 4.79 Å². The minimum absolute atomic E-state index is 0.0467. The lowest BCUT2D eigenvalue weighted by atomic mass is 10.1. The van der Waals surface area contributed by atoms with Crippen molar-refractivity contribution in [2.75, 3.05) is 20.7 Å². The molecule has 0 aliphatic heterocycles. The standard InChI is InChI=1S/C21H22N4O2/c1-15-12-17(13-18(14-23)21(26)24(3)11-5-10-22)16(2)25(15)19-6-8-20(27-4)9-7-19/h6-9,12-13H,5,11H2,1-4H3/b18-13+. The van der Waals surface area contributed by atoms with Crippen LogP contribution in [-0.4, -0.2) is 36.1 Å². The van der Waals surface area contributed by atoms with Crippen molar-refractivity contribution >= 4 is 12.0 Å². The van der Waals surface area contributed by atoms with Gasteiger partial charge in [0.25, 0.3) is 5.91 Å². The van der Waals surface area contributed by atoms with Gasteiger partial charge in [0.15, 0.2) is 0 Å². The molecule has 0 saturated heterocycles. The first-order valence-corrected chi connectivity index (χ1v) is 8.50. The number of hydrogen-bond acceptors (Lipinski definition) is 4. The summed E-state index contributed by atoms with van der Waals surface area (Å²) in [6, 6.07) is 13.6. The Bertz CT molecular complexity index is 940. The van der Waals surface area contributed by atoms with E-state index < -0.39 is 0 Å². The van der Waals surface area contributed by atoms with E-state index in [2.05, 4.69) is 4.57 Å². The van der Waals surface area contributed by atoms with Gasteiger partial charge in [0, 0.05) is 30.7 Å². The Morgan fingerprint density at radius 1 is 1.26 bits per heavy atom. The number of nitriles is 2. The zero-order chi connectivity index (χ0) is 20.0. The van der Waals surface area contributed by atoms with Crippen LogP contribution in [0.1, 0.15) is 23.4 Å². The average Bonchev–Trinajstić information content (AvgIpc) is 2.96. The number of carbonyl (C=O) groups excluding carboxylic acids is 1. The second-order valence-corrected chi connectivity index (χ2v) is 6.16. The highest BCUT2D eigenvalue weighted by Crippen LogP contribution is 2.24. The molecule has 1 aromatic heterocycles. The number of likely N-dealkylation sites (N-methyl/N-ethyl adjacent to an activating group) is 1. The molecule has 0 radical (unpaired) electrons. The van der Waals surface area contributed by atoms with Crippen LogP contribution in [0.25, 0.3) is 11.8 Å². The minimum Gasteiger partial charge on any atom is -0.497 e. The topological polar surface area (TPSA) is 82.1 Å². The maximum Gasteiger partial charge on any atom is 0.264 e. The van der Waals surface area contributed by atoms with Gasteiger partial charge < -0.3 is 14.2 Å². The second kappa shape index (κ2) is 8.73. The number of methoxy groups -OCH3 is 1. The second-order valence-electron chi connectivity index (χ2n) is 6.16. The van der Waals surface area contributed by atoms with Crippen molar-refractivity contribution in [1.29, 1.82) is 10.5 Å². The summed E-state index contributed by atoms with van der Waals surface area (Å²) in [5.41, 5.74) is 3.75. The molecule has 0 unspecified atom stereocenters. The van der Waals surface area contributed by atoms with Gasteiger partial charge in [-0.15, -0.1) is 0 Å². The number of benzene rings is 1. The monoisotopic (exact) mass is 362 g/mol. The Hall–Kier alpha value is -3.51. The molecule has 0 N–H and O–H groups in total. The fraction of sp³-hybridized carbons (Fsp3) is 0.286. The van der Waals surface area contributed by atoms with Gasteiger partial charge in [-0.05, 0) is 55.8 Å². The van der Waals surface area contributed by atoms with Crippen LogP contribution in [0.15, 0.2) is 35.9 Å². The van der Waals surface area contributed by atoms with Gasteiger partial charge >= 0.3 is 0 Å². The Kier molecular flexibility index (Phi) is 6.41. The van der Waals surface area contributed by atoms with Gasteiger partial charge in [0.2, 0.25) is 0 Å². The summed E-state index contributed by atoms with van der Waals surface area (Å²) in [7, 11) is 3.21. The summed E-state index contributed by atoms with van der Waals surface area (Å²) in [5, 5.41) is 18.1. The van der Waals surface area contributed by atoms with Crippen molar-refractivity contribution in [2.45, 2.75) is 20.3 Å². The first-order chi connectivity index (χ1) is 12.9. The van der Waals surface area contributed by atoms with Crippen molar-refractivity contribution in [2.24, 2.45) is 0 Å². The molecule has 0 fully saturated rings. The van der Waals surface area contributed by atoms with Crippen LogP contribution in [0.3, 0.4) is 0 Å². The number of nitrogens with zero attached hydrogens (tertiary/aromatic N) is 4. The van der Waals surface area contributed by atoms with Crippen molar-refractivity contribution in [3.63, 3.8) is 0 Å². The van der Waals surface area contributed by atoms with Crippen LogP contribution in [0.2, 0.25) is 0 Å². The number of rotatable bonds is 6. The fourth-order valence-electron chi connectivity index (χ4n) is 2.88. The molecule has 1 aromatic carbocycles. The molecule has 1 heterocycles. The molecule has 0 aliphatic carbocycles. The maximum atomic E-state index is 12.4. The lowest BCUT2D eigenvalue weighted by Gasteiger charge is -2.14. The highest BCUT2D eigenvalue weighted by atomic mass is 16.5. The van der Waals surface area contributed by atoms with Crippen molar-refractivity contribution in [1.82, 2.24) is 9.47 Å². The van der Waals surface area contributed by atoms with Crippen molar-refractivity contribution < 1.29 is 9.53 Å². The van der Waals surface area contributed by atoms with E-state index in [0.29, 0.717) is 6.54 Å². The number of hydrogen-bond donors (Lipinski definition) is 0. The van der Waals surface area contributed by atoms with Gasteiger partial charge in [0.05, 0.1) is 19.6 Å². The van der Waals surface area contributed by atoms with Crippen LogP contribution in [-0.2, 0) is 4.79 Å². The summed E-state index contributed by atoms with van der Waals surface area (Å²) in [4.78, 5) is 13.8. The Morgan fingerprint density at radius 3 is 2.48 bits per heavy atom. The van der Waals surface area contributed by atoms with Crippen LogP contribution < -0.4 is 4.74 Å². The maximum absolute atomic E-state index is 12.4. The first-order valence-electron chi connectivity index (χ1n) is 8.50. The number of aryl methyl sites for hydroxylation is 1. The number of ether oxygens (including phenoxy) is 1. The van der Waals surface area contributed by atoms with E-state index in [0.717, 1.165) is 28.4 Å². The van der Waals surface area contributed by atoms with E-state index in [4.69, 9.17) is 10.00 Å². The quantitative estimate of drug-likeness (QED) is 0.583. The SMILES string of the molecule is COc1ccc(-n2c(C)cc(/C=C(\C#N)C(=O)N(C)CCC#N)c2C)cc1.